The third kappa shape index (κ3) is 3.47. The van der Waals surface area contributed by atoms with Gasteiger partial charge in [-0.2, -0.15) is 5.10 Å². The Morgan fingerprint density at radius 3 is 2.89 bits per heavy atom. The third-order valence-electron chi connectivity index (χ3n) is 4.95. The Morgan fingerprint density at radius 2 is 2.04 bits per heavy atom. The van der Waals surface area contributed by atoms with Crippen molar-refractivity contribution in [2.45, 2.75) is 39.0 Å². The van der Waals surface area contributed by atoms with E-state index in [1.54, 1.807) is 41.9 Å². The molecule has 7 nitrogen and oxygen atoms in total. The Morgan fingerprint density at radius 1 is 1.18 bits per heavy atom. The number of hydrogen-bond donors (Lipinski definition) is 1. The van der Waals surface area contributed by atoms with Gasteiger partial charge in [0.15, 0.2) is 5.65 Å². The fourth-order valence-electron chi connectivity index (χ4n) is 3.57. The van der Waals surface area contributed by atoms with Crippen molar-refractivity contribution in [2.24, 2.45) is 0 Å². The van der Waals surface area contributed by atoms with Crippen LogP contribution in [-0.2, 0) is 17.6 Å². The predicted octanol–water partition coefficient (Wildman–Crippen LogP) is 3.43. The number of carbonyl (C=O) groups excluding carboxylic acids is 2. The van der Waals surface area contributed by atoms with Gasteiger partial charge in [-0.15, -0.1) is 0 Å². The molecule has 7 heteroatoms. The fraction of sp³-hybridized carbons (Fsp3) is 0.333. The van der Waals surface area contributed by atoms with Crippen LogP contribution in [0, 0.1) is 0 Å². The van der Waals surface area contributed by atoms with Gasteiger partial charge in [0.2, 0.25) is 0 Å². The number of benzene rings is 1. The van der Waals surface area contributed by atoms with E-state index >= 15 is 0 Å². The minimum Gasteiger partial charge on any atom is -0.462 e. The van der Waals surface area contributed by atoms with Crippen LogP contribution in [0.25, 0.3) is 5.65 Å². The summed E-state index contributed by atoms with van der Waals surface area (Å²) in [6.07, 6.45) is 8.84. The first-order valence-electron chi connectivity index (χ1n) is 9.60. The van der Waals surface area contributed by atoms with Crippen LogP contribution < -0.4 is 5.32 Å². The molecule has 2 heterocycles. The number of hydrogen-bond acceptors (Lipinski definition) is 5. The van der Waals surface area contributed by atoms with E-state index in [4.69, 9.17) is 4.74 Å². The van der Waals surface area contributed by atoms with E-state index < -0.39 is 5.97 Å². The first-order chi connectivity index (χ1) is 13.7. The Kier molecular flexibility index (Phi) is 5.06. The molecule has 144 valence electrons. The summed E-state index contributed by atoms with van der Waals surface area (Å²) >= 11 is 0. The lowest BCUT2D eigenvalue weighted by Crippen LogP contribution is -2.13. The summed E-state index contributed by atoms with van der Waals surface area (Å²) in [7, 11) is 0. The van der Waals surface area contributed by atoms with Crippen molar-refractivity contribution >= 4 is 23.2 Å². The molecule has 0 saturated heterocycles. The highest BCUT2D eigenvalue weighted by molar-refractivity contribution is 6.08. The molecule has 0 aliphatic heterocycles. The smallest absolute Gasteiger partial charge is 0.338 e. The fourth-order valence-corrected chi connectivity index (χ4v) is 3.57. The van der Waals surface area contributed by atoms with Crippen LogP contribution in [0.1, 0.15) is 58.2 Å². The number of aryl methyl sites for hydroxylation is 2. The highest BCUT2D eigenvalue weighted by Gasteiger charge is 2.19. The van der Waals surface area contributed by atoms with Gasteiger partial charge in [0.05, 0.1) is 18.4 Å². The summed E-state index contributed by atoms with van der Waals surface area (Å²) < 4.78 is 6.80. The average molecular weight is 378 g/mol. The second-order valence-corrected chi connectivity index (χ2v) is 6.84. The van der Waals surface area contributed by atoms with Gasteiger partial charge in [0.1, 0.15) is 5.56 Å². The molecule has 0 radical (unpaired) electrons. The number of anilines is 1. The molecule has 0 unspecified atom stereocenters. The molecule has 1 amide bonds. The molecule has 0 spiro atoms. The molecule has 4 rings (SSSR count). The van der Waals surface area contributed by atoms with Gasteiger partial charge in [0, 0.05) is 17.6 Å². The van der Waals surface area contributed by atoms with Crippen LogP contribution >= 0.6 is 0 Å². The third-order valence-corrected chi connectivity index (χ3v) is 4.95. The van der Waals surface area contributed by atoms with Gasteiger partial charge in [-0.25, -0.2) is 14.3 Å². The van der Waals surface area contributed by atoms with Crippen molar-refractivity contribution in [3.8, 4) is 0 Å². The number of ether oxygens (including phenoxy) is 1. The number of carbonyl (C=O) groups is 2. The molecule has 28 heavy (non-hydrogen) atoms. The van der Waals surface area contributed by atoms with E-state index in [1.807, 2.05) is 6.20 Å². The predicted molar refractivity (Wildman–Crippen MR) is 105 cm³/mol. The maximum atomic E-state index is 12.8. The van der Waals surface area contributed by atoms with Crippen molar-refractivity contribution in [3.63, 3.8) is 0 Å². The molecular weight excluding hydrogens is 356 g/mol. The van der Waals surface area contributed by atoms with E-state index in [0.29, 0.717) is 29.1 Å². The number of aromatic nitrogens is 3. The van der Waals surface area contributed by atoms with Crippen molar-refractivity contribution < 1.29 is 14.3 Å². The molecule has 0 saturated carbocycles. The van der Waals surface area contributed by atoms with Crippen molar-refractivity contribution in [2.75, 3.05) is 11.9 Å². The number of amides is 1. The summed E-state index contributed by atoms with van der Waals surface area (Å²) in [5, 5.41) is 7.25. The Balaban J connectivity index is 1.61. The largest absolute Gasteiger partial charge is 0.462 e. The van der Waals surface area contributed by atoms with Crippen molar-refractivity contribution in [1.29, 1.82) is 0 Å². The van der Waals surface area contributed by atoms with Crippen LogP contribution in [0.5, 0.6) is 0 Å². The van der Waals surface area contributed by atoms with E-state index in [1.165, 1.54) is 12.0 Å². The lowest BCUT2D eigenvalue weighted by molar-refractivity contribution is 0.0526. The molecule has 3 aromatic rings. The molecular formula is C21H22N4O3. The van der Waals surface area contributed by atoms with Crippen LogP contribution in [-0.4, -0.2) is 33.1 Å². The summed E-state index contributed by atoms with van der Waals surface area (Å²) in [5.74, 6) is -0.726. The Hall–Kier alpha value is -3.22. The molecule has 1 aromatic carbocycles. The first kappa shape index (κ1) is 18.2. The topological polar surface area (TPSA) is 85.6 Å². The molecule has 0 bridgehead atoms. The van der Waals surface area contributed by atoms with Gasteiger partial charge < -0.3 is 10.1 Å². The van der Waals surface area contributed by atoms with E-state index in [9.17, 15) is 9.59 Å². The van der Waals surface area contributed by atoms with Gasteiger partial charge in [0.25, 0.3) is 5.91 Å². The molecule has 0 atom stereocenters. The van der Waals surface area contributed by atoms with Gasteiger partial charge >= 0.3 is 5.97 Å². The highest BCUT2D eigenvalue weighted by Crippen LogP contribution is 2.22. The summed E-state index contributed by atoms with van der Waals surface area (Å²) in [4.78, 5) is 29.2. The maximum Gasteiger partial charge on any atom is 0.338 e. The van der Waals surface area contributed by atoms with Crippen molar-refractivity contribution in [1.82, 2.24) is 14.6 Å². The number of nitrogens with one attached hydrogen (secondary N) is 1. The Bertz CT molecular complexity index is 1040. The summed E-state index contributed by atoms with van der Waals surface area (Å²) in [5.41, 5.74) is 4.23. The average Bonchev–Trinajstić information content (AvgIpc) is 2.99. The van der Waals surface area contributed by atoms with E-state index in [0.717, 1.165) is 31.4 Å². The molecule has 1 N–H and O–H groups in total. The van der Waals surface area contributed by atoms with Gasteiger partial charge in [-0.3, -0.25) is 4.79 Å². The van der Waals surface area contributed by atoms with Crippen LogP contribution in [0.15, 0.2) is 36.7 Å². The maximum absolute atomic E-state index is 12.8. The number of nitrogens with zero attached hydrogens (tertiary/aromatic N) is 3. The highest BCUT2D eigenvalue weighted by atomic mass is 16.5. The minimum absolute atomic E-state index is 0.299. The molecule has 0 fully saturated rings. The standard InChI is InChI=1S/C21H22N4O3/c1-2-28-21(27)14-8-6-9-16(11-14)24-20(26)17-13-23-25-18-10-5-3-4-7-15(18)12-22-19(17)25/h6,8-9,11-13H,2-5,7,10H2,1H3,(H,24,26). The second-order valence-electron chi connectivity index (χ2n) is 6.84. The van der Waals surface area contributed by atoms with Crippen LogP contribution in [0.4, 0.5) is 5.69 Å². The van der Waals surface area contributed by atoms with Gasteiger partial charge in [-0.05, 0) is 56.4 Å². The Labute approximate surface area is 162 Å². The first-order valence-corrected chi connectivity index (χ1v) is 9.60. The lowest BCUT2D eigenvalue weighted by atomic mass is 10.1. The van der Waals surface area contributed by atoms with E-state index in [-0.39, 0.29) is 5.91 Å². The second kappa shape index (κ2) is 7.80. The number of rotatable bonds is 4. The van der Waals surface area contributed by atoms with Crippen LogP contribution in [0.2, 0.25) is 0 Å². The number of esters is 1. The molecule has 1 aliphatic rings. The zero-order valence-electron chi connectivity index (χ0n) is 15.8. The molecule has 1 aliphatic carbocycles. The van der Waals surface area contributed by atoms with E-state index in [2.05, 4.69) is 15.4 Å². The summed E-state index contributed by atoms with van der Waals surface area (Å²) in [6, 6.07) is 6.68. The quantitative estimate of drug-likeness (QED) is 0.555. The summed E-state index contributed by atoms with van der Waals surface area (Å²) in [6.45, 7) is 2.05. The normalized spacial score (nSPS) is 13.6. The van der Waals surface area contributed by atoms with Gasteiger partial charge in [-0.1, -0.05) is 12.5 Å². The van der Waals surface area contributed by atoms with Crippen LogP contribution in [0.3, 0.4) is 0 Å². The zero-order valence-corrected chi connectivity index (χ0v) is 15.8. The van der Waals surface area contributed by atoms with Crippen molar-refractivity contribution in [3.05, 3.63) is 59.0 Å². The molecule has 2 aromatic heterocycles. The minimum atomic E-state index is -0.418. The zero-order chi connectivity index (χ0) is 19.5. The monoisotopic (exact) mass is 378 g/mol. The SMILES string of the molecule is CCOC(=O)c1cccc(NC(=O)c2cnn3c4c(cnc23)CCCCC4)c1. The lowest BCUT2D eigenvalue weighted by Gasteiger charge is -2.09. The number of fused-ring (bicyclic) bond motifs is 3.